The molecular formula is C6H15NO. The Balaban J connectivity index is 3.29. The molecule has 8 heavy (non-hydrogen) atoms. The fourth-order valence-corrected chi connectivity index (χ4v) is 0.538. The molecule has 3 N–H and O–H groups in total. The van der Waals surface area contributed by atoms with Crippen molar-refractivity contribution in [1.29, 1.82) is 0 Å². The molecule has 0 spiro atoms. The molecule has 0 aliphatic heterocycles. The van der Waals surface area contributed by atoms with Gasteiger partial charge in [-0.1, -0.05) is 13.8 Å². The van der Waals surface area contributed by atoms with Crippen LogP contribution in [0.4, 0.5) is 0 Å². The van der Waals surface area contributed by atoms with E-state index in [-0.39, 0.29) is 18.6 Å². The molecule has 50 valence electrons. The molecule has 0 bridgehead atoms. The van der Waals surface area contributed by atoms with Crippen LogP contribution in [0.5, 0.6) is 0 Å². The topological polar surface area (TPSA) is 46.2 Å². The molecule has 0 aliphatic rings. The minimum atomic E-state index is 0.167. The van der Waals surface area contributed by atoms with Gasteiger partial charge in [-0.3, -0.25) is 0 Å². The molecule has 0 rings (SSSR count). The van der Waals surface area contributed by atoms with Gasteiger partial charge in [-0.2, -0.15) is 0 Å². The summed E-state index contributed by atoms with van der Waals surface area (Å²) in [4.78, 5) is 0. The molecule has 2 atom stereocenters. The van der Waals surface area contributed by atoms with E-state index in [2.05, 4.69) is 0 Å². The van der Waals surface area contributed by atoms with Crippen LogP contribution in [0.25, 0.3) is 0 Å². The van der Waals surface area contributed by atoms with E-state index in [1.807, 2.05) is 13.8 Å². The van der Waals surface area contributed by atoms with Gasteiger partial charge in [-0.15, -0.1) is 0 Å². The van der Waals surface area contributed by atoms with Gasteiger partial charge in [0.25, 0.3) is 0 Å². The van der Waals surface area contributed by atoms with Crippen molar-refractivity contribution in [3.8, 4) is 0 Å². The molecule has 2 heteroatoms. The quantitative estimate of drug-likeness (QED) is 0.560. The van der Waals surface area contributed by atoms with Crippen LogP contribution >= 0.6 is 0 Å². The molecular weight excluding hydrogens is 102 g/mol. The lowest BCUT2D eigenvalue weighted by atomic mass is 10.0. The summed E-state index contributed by atoms with van der Waals surface area (Å²) in [6, 6.07) is 0.167. The number of hydrogen-bond donors (Lipinski definition) is 2. The summed E-state index contributed by atoms with van der Waals surface area (Å²) in [6.45, 7) is 4.18. The van der Waals surface area contributed by atoms with Crippen LogP contribution in [-0.4, -0.2) is 17.8 Å². The summed E-state index contributed by atoms with van der Waals surface area (Å²) in [5.41, 5.74) is 5.57. The van der Waals surface area contributed by atoms with E-state index in [1.165, 1.54) is 0 Å². The normalized spacial score (nSPS) is 18.0. The van der Waals surface area contributed by atoms with Gasteiger partial charge in [0.2, 0.25) is 0 Å². The Hall–Kier alpha value is -0.0800. The first-order valence-electron chi connectivity index (χ1n) is 3.08. The van der Waals surface area contributed by atoms with Crippen molar-refractivity contribution < 1.29 is 5.11 Å². The average molecular weight is 117 g/mol. The minimum absolute atomic E-state index is 0.167. The molecule has 0 saturated heterocycles. The third-order valence-electron chi connectivity index (χ3n) is 1.49. The zero-order valence-electron chi connectivity index (χ0n) is 5.59. The number of aliphatic hydroxyl groups is 1. The molecule has 0 aliphatic carbocycles. The van der Waals surface area contributed by atoms with Gasteiger partial charge in [0.15, 0.2) is 0 Å². The smallest absolute Gasteiger partial charge is 0.0471 e. The van der Waals surface area contributed by atoms with Gasteiger partial charge in [0, 0.05) is 12.6 Å². The molecule has 0 heterocycles. The van der Waals surface area contributed by atoms with E-state index in [0.717, 1.165) is 6.42 Å². The Morgan fingerprint density at radius 2 is 2.12 bits per heavy atom. The van der Waals surface area contributed by atoms with E-state index in [4.69, 9.17) is 10.8 Å². The third kappa shape index (κ3) is 2.28. The molecule has 0 fully saturated rings. The zero-order valence-corrected chi connectivity index (χ0v) is 5.59. The maximum atomic E-state index is 8.56. The lowest BCUT2D eigenvalue weighted by Gasteiger charge is -2.14. The summed E-state index contributed by atoms with van der Waals surface area (Å²) >= 11 is 0. The Morgan fingerprint density at radius 3 is 2.25 bits per heavy atom. The van der Waals surface area contributed by atoms with E-state index in [9.17, 15) is 0 Å². The second kappa shape index (κ2) is 3.87. The Bertz CT molecular complexity index is 48.5. The van der Waals surface area contributed by atoms with Crippen LogP contribution in [-0.2, 0) is 0 Å². The molecule has 0 aromatic carbocycles. The highest BCUT2D eigenvalue weighted by molar-refractivity contribution is 4.64. The lowest BCUT2D eigenvalue weighted by molar-refractivity contribution is 0.214. The molecule has 0 amide bonds. The van der Waals surface area contributed by atoms with Gasteiger partial charge >= 0.3 is 0 Å². The van der Waals surface area contributed by atoms with Crippen LogP contribution in [0.15, 0.2) is 0 Å². The highest BCUT2D eigenvalue weighted by Crippen LogP contribution is 2.00. The highest BCUT2D eigenvalue weighted by atomic mass is 16.3. The fourth-order valence-electron chi connectivity index (χ4n) is 0.538. The van der Waals surface area contributed by atoms with Crippen molar-refractivity contribution in [3.63, 3.8) is 0 Å². The molecule has 0 saturated carbocycles. The predicted molar refractivity (Wildman–Crippen MR) is 34.5 cm³/mol. The average Bonchev–Trinajstić information content (AvgIpc) is 1.84. The first-order chi connectivity index (χ1) is 3.72. The SMILES string of the molecule is CC[C@@H](N)[C@@H](C)CO. The van der Waals surface area contributed by atoms with E-state index in [1.54, 1.807) is 0 Å². The first-order valence-corrected chi connectivity index (χ1v) is 3.08. The molecule has 0 unspecified atom stereocenters. The monoisotopic (exact) mass is 117 g/mol. The third-order valence-corrected chi connectivity index (χ3v) is 1.49. The van der Waals surface area contributed by atoms with Gasteiger partial charge < -0.3 is 10.8 Å². The molecule has 2 nitrogen and oxygen atoms in total. The summed E-state index contributed by atoms with van der Waals surface area (Å²) < 4.78 is 0. The zero-order chi connectivity index (χ0) is 6.57. The van der Waals surface area contributed by atoms with Gasteiger partial charge in [-0.05, 0) is 12.3 Å². The van der Waals surface area contributed by atoms with Crippen molar-refractivity contribution in [1.82, 2.24) is 0 Å². The van der Waals surface area contributed by atoms with Crippen LogP contribution in [0.2, 0.25) is 0 Å². The Kier molecular flexibility index (Phi) is 3.83. The van der Waals surface area contributed by atoms with Crippen molar-refractivity contribution in [2.45, 2.75) is 26.3 Å². The largest absolute Gasteiger partial charge is 0.396 e. The first kappa shape index (κ1) is 7.92. The summed E-state index contributed by atoms with van der Waals surface area (Å²) in [6.07, 6.45) is 0.946. The van der Waals surface area contributed by atoms with Crippen molar-refractivity contribution >= 4 is 0 Å². The maximum Gasteiger partial charge on any atom is 0.0471 e. The summed E-state index contributed by atoms with van der Waals surface area (Å²) in [5, 5.41) is 8.56. The molecule has 0 aromatic heterocycles. The van der Waals surface area contributed by atoms with E-state index >= 15 is 0 Å². The number of rotatable bonds is 3. The Labute approximate surface area is 50.7 Å². The van der Waals surface area contributed by atoms with Crippen molar-refractivity contribution in [2.75, 3.05) is 6.61 Å². The van der Waals surface area contributed by atoms with Gasteiger partial charge in [0.05, 0.1) is 0 Å². The van der Waals surface area contributed by atoms with Crippen LogP contribution in [0.3, 0.4) is 0 Å². The second-order valence-electron chi connectivity index (χ2n) is 2.23. The van der Waals surface area contributed by atoms with E-state index < -0.39 is 0 Å². The summed E-state index contributed by atoms with van der Waals surface area (Å²) in [7, 11) is 0. The number of hydrogen-bond acceptors (Lipinski definition) is 2. The summed E-state index contributed by atoms with van der Waals surface area (Å²) in [5.74, 6) is 0.250. The molecule has 0 aromatic rings. The maximum absolute atomic E-state index is 8.56. The lowest BCUT2D eigenvalue weighted by Crippen LogP contribution is -2.29. The second-order valence-corrected chi connectivity index (χ2v) is 2.23. The van der Waals surface area contributed by atoms with Gasteiger partial charge in [0.1, 0.15) is 0 Å². The van der Waals surface area contributed by atoms with Crippen LogP contribution in [0, 0.1) is 5.92 Å². The Morgan fingerprint density at radius 1 is 1.62 bits per heavy atom. The van der Waals surface area contributed by atoms with Crippen LogP contribution in [0.1, 0.15) is 20.3 Å². The highest BCUT2D eigenvalue weighted by Gasteiger charge is 2.07. The number of aliphatic hydroxyl groups excluding tert-OH is 1. The fraction of sp³-hybridized carbons (Fsp3) is 1.00. The molecule has 0 radical (unpaired) electrons. The number of nitrogens with two attached hydrogens (primary N) is 1. The predicted octanol–water partition coefficient (Wildman–Crippen LogP) is 0.352. The standard InChI is InChI=1S/C6H15NO/c1-3-6(7)5(2)4-8/h5-6,8H,3-4,7H2,1-2H3/t5-,6+/m0/s1. The van der Waals surface area contributed by atoms with Crippen molar-refractivity contribution in [2.24, 2.45) is 11.7 Å². The van der Waals surface area contributed by atoms with Crippen molar-refractivity contribution in [3.05, 3.63) is 0 Å². The minimum Gasteiger partial charge on any atom is -0.396 e. The van der Waals surface area contributed by atoms with Crippen LogP contribution < -0.4 is 5.73 Å². The van der Waals surface area contributed by atoms with E-state index in [0.29, 0.717) is 0 Å². The van der Waals surface area contributed by atoms with Gasteiger partial charge in [-0.25, -0.2) is 0 Å².